The van der Waals surface area contributed by atoms with Crippen LogP contribution in [0.3, 0.4) is 0 Å². The summed E-state index contributed by atoms with van der Waals surface area (Å²) >= 11 is 0. The zero-order chi connectivity index (χ0) is 17.2. The molecule has 1 aliphatic rings. The molecule has 0 spiro atoms. The van der Waals surface area contributed by atoms with E-state index in [2.05, 4.69) is 15.6 Å². The molecule has 1 saturated heterocycles. The van der Waals surface area contributed by atoms with E-state index in [1.54, 1.807) is 12.4 Å². The van der Waals surface area contributed by atoms with E-state index in [9.17, 15) is 9.59 Å². The Labute approximate surface area is 141 Å². The summed E-state index contributed by atoms with van der Waals surface area (Å²) in [5, 5.41) is 14.7. The third kappa shape index (κ3) is 5.39. The maximum Gasteiger partial charge on any atom is 0.263 e. The van der Waals surface area contributed by atoms with Crippen molar-refractivity contribution in [1.82, 2.24) is 20.5 Å². The summed E-state index contributed by atoms with van der Waals surface area (Å²) in [6.07, 6.45) is 7.02. The Morgan fingerprint density at radius 3 is 3.04 bits per heavy atom. The highest BCUT2D eigenvalue weighted by atomic mass is 16.2. The molecule has 0 atom stereocenters. The number of hydrogen-bond acceptors (Lipinski definition) is 5. The van der Waals surface area contributed by atoms with E-state index in [0.717, 1.165) is 18.5 Å². The van der Waals surface area contributed by atoms with Crippen molar-refractivity contribution >= 4 is 11.8 Å². The molecule has 0 radical (unpaired) electrons. The molecular weight excluding hydrogens is 306 g/mol. The van der Waals surface area contributed by atoms with Crippen molar-refractivity contribution in [2.75, 3.05) is 19.6 Å². The number of amides is 2. The fourth-order valence-electron chi connectivity index (χ4n) is 2.43. The first-order valence-electron chi connectivity index (χ1n) is 7.99. The van der Waals surface area contributed by atoms with E-state index >= 15 is 0 Å². The molecule has 1 fully saturated rings. The molecule has 1 aromatic rings. The lowest BCUT2D eigenvalue weighted by Gasteiger charge is -2.15. The largest absolute Gasteiger partial charge is 0.386 e. The van der Waals surface area contributed by atoms with Gasteiger partial charge in [0.1, 0.15) is 11.6 Å². The van der Waals surface area contributed by atoms with Crippen LogP contribution in [0.2, 0.25) is 0 Å². The molecule has 2 amide bonds. The third-order valence-electron chi connectivity index (χ3n) is 3.70. The van der Waals surface area contributed by atoms with Gasteiger partial charge >= 0.3 is 0 Å². The van der Waals surface area contributed by atoms with E-state index in [1.807, 2.05) is 23.1 Å². The van der Waals surface area contributed by atoms with E-state index in [-0.39, 0.29) is 11.5 Å². The number of nitriles is 1. The molecular formula is C17H21N5O2. The van der Waals surface area contributed by atoms with Crippen LogP contribution in [0.5, 0.6) is 0 Å². The fraction of sp³-hybridized carbons (Fsp3) is 0.412. The Balaban J connectivity index is 1.69. The van der Waals surface area contributed by atoms with Crippen LogP contribution < -0.4 is 10.6 Å². The predicted molar refractivity (Wildman–Crippen MR) is 88.2 cm³/mol. The van der Waals surface area contributed by atoms with Gasteiger partial charge in [0.2, 0.25) is 5.91 Å². The van der Waals surface area contributed by atoms with Gasteiger partial charge in [0.25, 0.3) is 5.91 Å². The number of nitrogens with zero attached hydrogens (tertiary/aromatic N) is 3. The third-order valence-corrected chi connectivity index (χ3v) is 3.70. The highest BCUT2D eigenvalue weighted by molar-refractivity contribution is 5.97. The Morgan fingerprint density at radius 2 is 2.38 bits per heavy atom. The zero-order valence-corrected chi connectivity index (χ0v) is 13.5. The molecule has 0 saturated carbocycles. The normalized spacial score (nSPS) is 14.4. The second-order valence-corrected chi connectivity index (χ2v) is 5.51. The fourth-order valence-corrected chi connectivity index (χ4v) is 2.43. The van der Waals surface area contributed by atoms with Crippen molar-refractivity contribution in [2.24, 2.45) is 0 Å². The van der Waals surface area contributed by atoms with Crippen molar-refractivity contribution in [1.29, 1.82) is 5.26 Å². The second kappa shape index (κ2) is 9.30. The molecule has 0 bridgehead atoms. The number of hydrogen-bond donors (Lipinski definition) is 2. The minimum absolute atomic E-state index is 0.0242. The van der Waals surface area contributed by atoms with E-state index in [4.69, 9.17) is 5.26 Å². The maximum absolute atomic E-state index is 11.9. The van der Waals surface area contributed by atoms with Gasteiger partial charge in [-0.1, -0.05) is 6.07 Å². The first-order valence-corrected chi connectivity index (χ1v) is 7.99. The van der Waals surface area contributed by atoms with Gasteiger partial charge < -0.3 is 15.5 Å². The molecule has 24 heavy (non-hydrogen) atoms. The van der Waals surface area contributed by atoms with Crippen LogP contribution in [0.25, 0.3) is 0 Å². The van der Waals surface area contributed by atoms with Gasteiger partial charge in [-0.05, 0) is 24.5 Å². The smallest absolute Gasteiger partial charge is 0.263 e. The van der Waals surface area contributed by atoms with Crippen molar-refractivity contribution in [3.63, 3.8) is 0 Å². The standard InChI is InChI=1S/C17H21N5O2/c18-10-15(13-20-12-14-4-1-6-19-11-14)17(24)21-7-3-9-22-8-2-5-16(22)23/h1,4,6,11,13,20H,2-3,5,7-9,12H2,(H,21,24)/b15-13-. The molecule has 2 rings (SSSR count). The van der Waals surface area contributed by atoms with E-state index in [0.29, 0.717) is 32.5 Å². The van der Waals surface area contributed by atoms with Crippen LogP contribution in [0.15, 0.2) is 36.3 Å². The van der Waals surface area contributed by atoms with E-state index in [1.165, 1.54) is 6.20 Å². The number of pyridine rings is 1. The maximum atomic E-state index is 11.9. The average molecular weight is 327 g/mol. The highest BCUT2D eigenvalue weighted by Gasteiger charge is 2.19. The summed E-state index contributed by atoms with van der Waals surface area (Å²) in [5.41, 5.74) is 0.984. The summed E-state index contributed by atoms with van der Waals surface area (Å²) in [7, 11) is 0. The summed E-state index contributed by atoms with van der Waals surface area (Å²) in [4.78, 5) is 29.2. The van der Waals surface area contributed by atoms with Crippen molar-refractivity contribution < 1.29 is 9.59 Å². The van der Waals surface area contributed by atoms with Crippen molar-refractivity contribution in [3.05, 3.63) is 41.9 Å². The molecule has 1 aliphatic heterocycles. The molecule has 1 aromatic heterocycles. The predicted octanol–water partition coefficient (Wildman–Crippen LogP) is 0.707. The van der Waals surface area contributed by atoms with Crippen LogP contribution in [-0.4, -0.2) is 41.3 Å². The quantitative estimate of drug-likeness (QED) is 0.416. The minimum atomic E-state index is -0.413. The van der Waals surface area contributed by atoms with Gasteiger partial charge in [-0.15, -0.1) is 0 Å². The molecule has 0 aromatic carbocycles. The van der Waals surface area contributed by atoms with Gasteiger partial charge in [-0.3, -0.25) is 14.6 Å². The molecule has 0 unspecified atom stereocenters. The monoisotopic (exact) mass is 327 g/mol. The summed E-state index contributed by atoms with van der Waals surface area (Å²) in [6.45, 7) is 2.37. The summed E-state index contributed by atoms with van der Waals surface area (Å²) in [6, 6.07) is 5.61. The van der Waals surface area contributed by atoms with Gasteiger partial charge in [0, 0.05) is 51.2 Å². The van der Waals surface area contributed by atoms with Gasteiger partial charge in [-0.2, -0.15) is 5.26 Å². The van der Waals surface area contributed by atoms with Crippen molar-refractivity contribution in [2.45, 2.75) is 25.8 Å². The number of carbonyl (C=O) groups is 2. The molecule has 0 aliphatic carbocycles. The van der Waals surface area contributed by atoms with Gasteiger partial charge in [0.05, 0.1) is 0 Å². The highest BCUT2D eigenvalue weighted by Crippen LogP contribution is 2.09. The number of carbonyl (C=O) groups excluding carboxylic acids is 2. The Hall–Kier alpha value is -2.88. The van der Waals surface area contributed by atoms with E-state index < -0.39 is 5.91 Å². The zero-order valence-electron chi connectivity index (χ0n) is 13.5. The number of likely N-dealkylation sites (tertiary alicyclic amines) is 1. The number of aromatic nitrogens is 1. The number of nitrogens with one attached hydrogen (secondary N) is 2. The molecule has 2 N–H and O–H groups in total. The van der Waals surface area contributed by atoms with Gasteiger partial charge in [-0.25, -0.2) is 0 Å². The Morgan fingerprint density at radius 1 is 1.50 bits per heavy atom. The second-order valence-electron chi connectivity index (χ2n) is 5.51. The molecule has 2 heterocycles. The van der Waals surface area contributed by atoms with Crippen molar-refractivity contribution in [3.8, 4) is 6.07 Å². The first kappa shape index (κ1) is 17.5. The van der Waals surface area contributed by atoms with Crippen LogP contribution in [0, 0.1) is 11.3 Å². The first-order chi connectivity index (χ1) is 11.7. The average Bonchev–Trinajstić information content (AvgIpc) is 3.01. The molecule has 7 heteroatoms. The summed E-state index contributed by atoms with van der Waals surface area (Å²) in [5.74, 6) is -0.234. The number of rotatable bonds is 8. The lowest BCUT2D eigenvalue weighted by molar-refractivity contribution is -0.127. The Kier molecular flexibility index (Phi) is 6.77. The SMILES string of the molecule is N#C/C(=C/NCc1cccnc1)C(=O)NCCCN1CCCC1=O. The van der Waals surface area contributed by atoms with Crippen LogP contribution in [-0.2, 0) is 16.1 Å². The minimum Gasteiger partial charge on any atom is -0.386 e. The lowest BCUT2D eigenvalue weighted by Crippen LogP contribution is -2.31. The van der Waals surface area contributed by atoms with Gasteiger partial charge in [0.15, 0.2) is 0 Å². The summed E-state index contributed by atoms with van der Waals surface area (Å²) < 4.78 is 0. The van der Waals surface area contributed by atoms with Crippen LogP contribution in [0.4, 0.5) is 0 Å². The molecule has 126 valence electrons. The molecule has 7 nitrogen and oxygen atoms in total. The van der Waals surface area contributed by atoms with Crippen LogP contribution in [0.1, 0.15) is 24.8 Å². The lowest BCUT2D eigenvalue weighted by atomic mass is 10.2. The topological polar surface area (TPSA) is 98.1 Å². The Bertz CT molecular complexity index is 636. The van der Waals surface area contributed by atoms with Crippen LogP contribution >= 0.6 is 0 Å².